The minimum atomic E-state index is -4.56. The van der Waals surface area contributed by atoms with Crippen LogP contribution in [-0.2, 0) is 25.6 Å². The van der Waals surface area contributed by atoms with E-state index in [1.807, 2.05) is 0 Å². The molecule has 0 saturated heterocycles. The van der Waals surface area contributed by atoms with Crippen molar-refractivity contribution in [2.75, 3.05) is 22.9 Å². The van der Waals surface area contributed by atoms with E-state index in [0.717, 1.165) is 24.3 Å². The Morgan fingerprint density at radius 1 is 0.708 bits per heavy atom. The first-order chi connectivity index (χ1) is 22.9. The molecule has 4 heterocycles. The second-order valence-electron chi connectivity index (χ2n) is 12.3. The molecule has 0 bridgehead atoms. The first-order valence-electron chi connectivity index (χ1n) is 15.4. The Kier molecular flexibility index (Phi) is 7.07. The van der Waals surface area contributed by atoms with Crippen LogP contribution in [0.25, 0.3) is 0 Å². The minimum Gasteiger partial charge on any atom is -0.611 e. The molecule has 0 aliphatic carbocycles. The molecule has 8 rings (SSSR count). The van der Waals surface area contributed by atoms with Crippen LogP contribution in [0.2, 0.25) is 0 Å². The molecule has 8 nitrogen and oxygen atoms in total. The van der Waals surface area contributed by atoms with Gasteiger partial charge in [-0.3, -0.25) is 10.4 Å². The lowest BCUT2D eigenvalue weighted by molar-refractivity contribution is -1.04. The second kappa shape index (κ2) is 11.0. The monoisotopic (exact) mass is 670 g/mol. The molecule has 250 valence electrons. The number of benzene rings is 4. The summed E-state index contributed by atoms with van der Waals surface area (Å²) in [7, 11) is 0. The van der Waals surface area contributed by atoms with Gasteiger partial charge in [0, 0.05) is 41.8 Å². The summed E-state index contributed by atoms with van der Waals surface area (Å²) in [6.07, 6.45) is -8.71. The Morgan fingerprint density at radius 3 is 1.75 bits per heavy atom. The number of quaternary nitrogens is 1. The highest BCUT2D eigenvalue weighted by atomic mass is 19.4. The molecule has 0 amide bonds. The van der Waals surface area contributed by atoms with Gasteiger partial charge in [-0.05, 0) is 48.0 Å². The molecule has 4 aliphatic heterocycles. The Labute approximate surface area is 270 Å². The molecule has 3 atom stereocenters. The molecule has 0 spiro atoms. The van der Waals surface area contributed by atoms with Gasteiger partial charge in [0.05, 0.1) is 33.9 Å². The van der Waals surface area contributed by atoms with Gasteiger partial charge in [-0.15, -0.1) is 0 Å². The van der Waals surface area contributed by atoms with Gasteiger partial charge in [-0.2, -0.15) is 26.3 Å². The molecule has 0 aromatic heterocycles. The van der Waals surface area contributed by atoms with Crippen LogP contribution in [0.15, 0.2) is 72.8 Å². The number of fused-ring (bicyclic) bond motifs is 4. The standard InChI is InChI=1S/C34H28F6N4O4/c35-33(36,37)21-7-9-29-27(15-21)41-13-11-25(23-5-1-3-19(17-47-29)31(23)41)43(45)44(46)26-12-14-42-28-16-22(34(38,39)40)8-10-30(28)48-18-20-4-2-6-24(26)32(20)42/h1-10,15-16,25-26,43,46H,11-14,17-18H2. The molecular formula is C34H28F6N4O4. The number of para-hydroxylation sites is 2. The number of hydroxylamine groups is 2. The summed E-state index contributed by atoms with van der Waals surface area (Å²) < 4.78 is 93.8. The number of anilines is 4. The Hall–Kier alpha value is -4.50. The predicted octanol–water partition coefficient (Wildman–Crippen LogP) is 7.36. The lowest BCUT2D eigenvalue weighted by Crippen LogP contribution is -3.14. The Balaban J connectivity index is 1.14. The molecule has 14 heteroatoms. The third kappa shape index (κ3) is 4.93. The second-order valence-corrected chi connectivity index (χ2v) is 12.3. The summed E-state index contributed by atoms with van der Waals surface area (Å²) in [6.45, 7) is 0.556. The van der Waals surface area contributed by atoms with Gasteiger partial charge in [0.15, 0.2) is 0 Å². The molecule has 0 radical (unpaired) electrons. The molecule has 0 fully saturated rings. The van der Waals surface area contributed by atoms with E-state index < -0.39 is 40.7 Å². The van der Waals surface area contributed by atoms with Crippen LogP contribution < -0.4 is 24.4 Å². The lowest BCUT2D eigenvalue weighted by Gasteiger charge is -2.45. The molecular weight excluding hydrogens is 642 g/mol. The lowest BCUT2D eigenvalue weighted by atomic mass is 9.92. The average Bonchev–Trinajstić information content (AvgIpc) is 3.33. The van der Waals surface area contributed by atoms with E-state index in [9.17, 15) is 36.8 Å². The number of nitrogens with one attached hydrogen (secondary N) is 1. The summed E-state index contributed by atoms with van der Waals surface area (Å²) in [5.41, 5.74) is 2.53. The first kappa shape index (κ1) is 30.8. The maximum absolute atomic E-state index is 14.2. The highest BCUT2D eigenvalue weighted by Gasteiger charge is 2.42. The third-order valence-corrected chi connectivity index (χ3v) is 9.58. The van der Waals surface area contributed by atoms with E-state index in [0.29, 0.717) is 50.3 Å². The van der Waals surface area contributed by atoms with E-state index in [2.05, 4.69) is 0 Å². The fourth-order valence-electron chi connectivity index (χ4n) is 7.38. The SMILES string of the molecule is [O-][NH+](C1CCN2c3cc(C(F)(F)F)ccc3OCc3cccc1c32)N(O)C1CCN2c3cc(C(F)(F)F)ccc3OCc3cccc1c32. The van der Waals surface area contributed by atoms with Crippen LogP contribution in [0.4, 0.5) is 49.1 Å². The van der Waals surface area contributed by atoms with Gasteiger partial charge in [0.1, 0.15) is 36.8 Å². The summed E-state index contributed by atoms with van der Waals surface area (Å²) in [5, 5.41) is 25.9. The zero-order valence-corrected chi connectivity index (χ0v) is 25.1. The fourth-order valence-corrected chi connectivity index (χ4v) is 7.38. The normalized spacial score (nSPS) is 20.4. The summed E-state index contributed by atoms with van der Waals surface area (Å²) in [6, 6.07) is 15.6. The molecule has 48 heavy (non-hydrogen) atoms. The van der Waals surface area contributed by atoms with Gasteiger partial charge in [-0.1, -0.05) is 36.4 Å². The van der Waals surface area contributed by atoms with Crippen LogP contribution in [0.3, 0.4) is 0 Å². The molecule has 0 saturated carbocycles. The van der Waals surface area contributed by atoms with Crippen molar-refractivity contribution in [3.63, 3.8) is 0 Å². The number of nitrogens with zero attached hydrogens (tertiary/aromatic N) is 3. The number of halogens is 6. The number of alkyl halides is 6. The van der Waals surface area contributed by atoms with Crippen LogP contribution in [0.5, 0.6) is 11.5 Å². The topological polar surface area (TPSA) is 75.9 Å². The molecule has 4 aliphatic rings. The van der Waals surface area contributed by atoms with Crippen molar-refractivity contribution in [3.05, 3.63) is 111 Å². The Bertz CT molecular complexity index is 1780. The van der Waals surface area contributed by atoms with Crippen molar-refractivity contribution in [2.45, 2.75) is 50.5 Å². The maximum Gasteiger partial charge on any atom is 0.416 e. The van der Waals surface area contributed by atoms with Crippen molar-refractivity contribution in [1.29, 1.82) is 0 Å². The predicted molar refractivity (Wildman–Crippen MR) is 161 cm³/mol. The highest BCUT2D eigenvalue weighted by molar-refractivity contribution is 5.78. The summed E-state index contributed by atoms with van der Waals surface area (Å²) in [4.78, 5) is 3.50. The average molecular weight is 671 g/mol. The molecule has 4 aromatic carbocycles. The quantitative estimate of drug-likeness (QED) is 0.174. The zero-order valence-electron chi connectivity index (χ0n) is 25.1. The number of rotatable bonds is 3. The van der Waals surface area contributed by atoms with Crippen molar-refractivity contribution < 1.29 is 46.2 Å². The van der Waals surface area contributed by atoms with Gasteiger partial charge in [0.2, 0.25) is 0 Å². The van der Waals surface area contributed by atoms with Crippen LogP contribution in [0, 0.1) is 5.21 Å². The third-order valence-electron chi connectivity index (χ3n) is 9.58. The summed E-state index contributed by atoms with van der Waals surface area (Å²) in [5.74, 6) is 0.591. The van der Waals surface area contributed by atoms with Crippen molar-refractivity contribution in [1.82, 2.24) is 5.17 Å². The van der Waals surface area contributed by atoms with Crippen molar-refractivity contribution >= 4 is 22.7 Å². The molecule has 2 N–H and O–H groups in total. The largest absolute Gasteiger partial charge is 0.611 e. The van der Waals surface area contributed by atoms with Crippen molar-refractivity contribution in [2.24, 2.45) is 0 Å². The van der Waals surface area contributed by atoms with E-state index in [4.69, 9.17) is 9.47 Å². The Morgan fingerprint density at radius 2 is 1.21 bits per heavy atom. The zero-order chi connectivity index (χ0) is 33.5. The smallest absolute Gasteiger partial charge is 0.416 e. The summed E-state index contributed by atoms with van der Waals surface area (Å²) >= 11 is 0. The van der Waals surface area contributed by atoms with E-state index in [1.54, 1.807) is 46.2 Å². The van der Waals surface area contributed by atoms with Gasteiger partial charge >= 0.3 is 12.4 Å². The molecule has 4 aromatic rings. The number of ether oxygens (including phenoxy) is 2. The van der Waals surface area contributed by atoms with Crippen LogP contribution in [0.1, 0.15) is 58.3 Å². The first-order valence-corrected chi connectivity index (χ1v) is 15.4. The molecule has 3 unspecified atom stereocenters. The van der Waals surface area contributed by atoms with Gasteiger partial charge < -0.3 is 24.5 Å². The van der Waals surface area contributed by atoms with E-state index >= 15 is 0 Å². The van der Waals surface area contributed by atoms with Gasteiger partial charge in [-0.25, -0.2) is 0 Å². The van der Waals surface area contributed by atoms with Gasteiger partial charge in [0.25, 0.3) is 0 Å². The van der Waals surface area contributed by atoms with E-state index in [1.165, 1.54) is 12.1 Å². The number of hydrogen-bond acceptors (Lipinski definition) is 7. The van der Waals surface area contributed by atoms with E-state index in [-0.39, 0.29) is 50.5 Å². The van der Waals surface area contributed by atoms with Crippen LogP contribution in [-0.4, -0.2) is 23.5 Å². The van der Waals surface area contributed by atoms with Crippen molar-refractivity contribution in [3.8, 4) is 11.5 Å². The fraction of sp³-hybridized carbons (Fsp3) is 0.294. The maximum atomic E-state index is 14.2. The van der Waals surface area contributed by atoms with Crippen LogP contribution >= 0.6 is 0 Å². The highest BCUT2D eigenvalue weighted by Crippen LogP contribution is 2.50. The minimum absolute atomic E-state index is 0.0794. The number of hydrogen-bond donors (Lipinski definition) is 2.